The van der Waals surface area contributed by atoms with E-state index in [0.29, 0.717) is 17.8 Å². The van der Waals surface area contributed by atoms with Crippen LogP contribution in [0.15, 0.2) is 24.4 Å². The second kappa shape index (κ2) is 5.87. The Balaban J connectivity index is 2.21. The Kier molecular flexibility index (Phi) is 4.16. The molecule has 6 nitrogen and oxygen atoms in total. The number of methoxy groups -OCH3 is 1. The Bertz CT molecular complexity index is 678. The highest BCUT2D eigenvalue weighted by molar-refractivity contribution is 6.07. The van der Waals surface area contributed by atoms with E-state index in [1.807, 2.05) is 6.07 Å². The summed E-state index contributed by atoms with van der Waals surface area (Å²) in [5.74, 6) is -0.875. The van der Waals surface area contributed by atoms with Gasteiger partial charge in [-0.05, 0) is 18.2 Å². The Morgan fingerprint density at radius 2 is 2.14 bits per heavy atom. The van der Waals surface area contributed by atoms with Crippen LogP contribution in [0.1, 0.15) is 17.3 Å². The van der Waals surface area contributed by atoms with E-state index in [1.54, 1.807) is 32.3 Å². The summed E-state index contributed by atoms with van der Waals surface area (Å²) in [7, 11) is 3.00. The van der Waals surface area contributed by atoms with Gasteiger partial charge in [0.2, 0.25) is 0 Å². The summed E-state index contributed by atoms with van der Waals surface area (Å²) in [4.78, 5) is 28.5. The van der Waals surface area contributed by atoms with Gasteiger partial charge in [-0.25, -0.2) is 0 Å². The Morgan fingerprint density at radius 1 is 1.43 bits per heavy atom. The summed E-state index contributed by atoms with van der Waals surface area (Å²) < 4.78 is 4.67. The number of nitrogens with zero attached hydrogens (tertiary/aromatic N) is 1. The molecule has 1 heterocycles. The van der Waals surface area contributed by atoms with E-state index >= 15 is 0 Å². The zero-order valence-electron chi connectivity index (χ0n) is 12.3. The summed E-state index contributed by atoms with van der Waals surface area (Å²) in [6.45, 7) is 2.02. The third kappa shape index (κ3) is 2.99. The molecule has 0 bridgehead atoms. The van der Waals surface area contributed by atoms with Gasteiger partial charge in [-0.1, -0.05) is 6.92 Å². The third-order valence-electron chi connectivity index (χ3n) is 3.43. The van der Waals surface area contributed by atoms with Crippen LogP contribution in [0.2, 0.25) is 0 Å². The monoisotopic (exact) mass is 289 g/mol. The molecule has 0 aliphatic heterocycles. The number of nitrogen functional groups attached to an aromatic ring is 1. The molecule has 3 N–H and O–H groups in total. The number of H-pyrrole nitrogens is 1. The number of hydrogen-bond donors (Lipinski definition) is 2. The number of benzene rings is 1. The number of nitrogens with one attached hydrogen (secondary N) is 1. The fourth-order valence-electron chi connectivity index (χ4n) is 2.29. The molecule has 2 aromatic rings. The second-order valence-corrected chi connectivity index (χ2v) is 5.12. The summed E-state index contributed by atoms with van der Waals surface area (Å²) in [6.07, 6.45) is 1.66. The van der Waals surface area contributed by atoms with E-state index in [2.05, 4.69) is 9.72 Å². The predicted molar refractivity (Wildman–Crippen MR) is 80.9 cm³/mol. The standard InChI is InChI=1S/C15H19N3O3/c1-9(15(20)21-3)8-18(2)14(19)12-7-17-13-5-4-10(16)6-11(12)13/h4-7,9,17H,8,16H2,1-3H3. The minimum absolute atomic E-state index is 0.164. The fourth-order valence-corrected chi connectivity index (χ4v) is 2.29. The van der Waals surface area contributed by atoms with Crippen molar-refractivity contribution in [3.63, 3.8) is 0 Å². The zero-order valence-corrected chi connectivity index (χ0v) is 12.3. The van der Waals surface area contributed by atoms with E-state index in [9.17, 15) is 9.59 Å². The van der Waals surface area contributed by atoms with Crippen LogP contribution in [0, 0.1) is 5.92 Å². The largest absolute Gasteiger partial charge is 0.469 e. The molecule has 1 atom stereocenters. The van der Waals surface area contributed by atoms with Crippen molar-refractivity contribution in [1.29, 1.82) is 0 Å². The molecule has 0 aliphatic rings. The van der Waals surface area contributed by atoms with Gasteiger partial charge in [0.1, 0.15) is 0 Å². The first-order chi connectivity index (χ1) is 9.93. The molecule has 0 saturated carbocycles. The number of esters is 1. The number of amides is 1. The third-order valence-corrected chi connectivity index (χ3v) is 3.43. The van der Waals surface area contributed by atoms with Gasteiger partial charge in [0, 0.05) is 36.4 Å². The topological polar surface area (TPSA) is 88.4 Å². The number of hydrogen-bond acceptors (Lipinski definition) is 4. The van der Waals surface area contributed by atoms with Crippen LogP contribution in [0.3, 0.4) is 0 Å². The van der Waals surface area contributed by atoms with Gasteiger partial charge in [-0.2, -0.15) is 0 Å². The molecular weight excluding hydrogens is 270 g/mol. The minimum atomic E-state index is -0.376. The molecule has 0 spiro atoms. The van der Waals surface area contributed by atoms with Gasteiger partial charge in [0.05, 0.1) is 18.6 Å². The average Bonchev–Trinajstić information content (AvgIpc) is 2.88. The number of aromatic amines is 1. The highest BCUT2D eigenvalue weighted by Gasteiger charge is 2.21. The number of carbonyl (C=O) groups is 2. The van der Waals surface area contributed by atoms with E-state index < -0.39 is 0 Å². The fraction of sp³-hybridized carbons (Fsp3) is 0.333. The van der Waals surface area contributed by atoms with Crippen LogP contribution < -0.4 is 5.73 Å². The van der Waals surface area contributed by atoms with Crippen molar-refractivity contribution in [1.82, 2.24) is 9.88 Å². The Morgan fingerprint density at radius 3 is 2.81 bits per heavy atom. The normalized spacial score (nSPS) is 12.1. The minimum Gasteiger partial charge on any atom is -0.469 e. The first kappa shape index (κ1) is 14.9. The molecule has 6 heteroatoms. The van der Waals surface area contributed by atoms with Gasteiger partial charge in [-0.15, -0.1) is 0 Å². The van der Waals surface area contributed by atoms with Gasteiger partial charge in [0.15, 0.2) is 0 Å². The first-order valence-corrected chi connectivity index (χ1v) is 6.64. The predicted octanol–water partition coefficient (Wildman–Crippen LogP) is 1.63. The SMILES string of the molecule is COC(=O)C(C)CN(C)C(=O)c1c[nH]c2ccc(N)cc12. The van der Waals surface area contributed by atoms with Crippen molar-refractivity contribution in [2.24, 2.45) is 5.92 Å². The smallest absolute Gasteiger partial charge is 0.310 e. The number of rotatable bonds is 4. The zero-order chi connectivity index (χ0) is 15.6. The molecule has 0 aliphatic carbocycles. The quantitative estimate of drug-likeness (QED) is 0.661. The first-order valence-electron chi connectivity index (χ1n) is 6.64. The van der Waals surface area contributed by atoms with Crippen molar-refractivity contribution in [3.8, 4) is 0 Å². The van der Waals surface area contributed by atoms with Crippen LogP contribution in [0.25, 0.3) is 10.9 Å². The maximum atomic E-state index is 12.5. The molecular formula is C15H19N3O3. The van der Waals surface area contributed by atoms with Crippen molar-refractivity contribution < 1.29 is 14.3 Å². The van der Waals surface area contributed by atoms with Gasteiger partial charge >= 0.3 is 5.97 Å². The average molecular weight is 289 g/mol. The molecule has 112 valence electrons. The highest BCUT2D eigenvalue weighted by atomic mass is 16.5. The number of anilines is 1. The molecule has 0 saturated heterocycles. The number of aromatic nitrogens is 1. The van der Waals surface area contributed by atoms with E-state index in [1.165, 1.54) is 12.0 Å². The Hall–Kier alpha value is -2.50. The molecule has 1 aromatic carbocycles. The molecule has 21 heavy (non-hydrogen) atoms. The van der Waals surface area contributed by atoms with Gasteiger partial charge in [-0.3, -0.25) is 9.59 Å². The molecule has 1 unspecified atom stereocenters. The summed E-state index contributed by atoms with van der Waals surface area (Å²) in [6, 6.07) is 5.37. The highest BCUT2D eigenvalue weighted by Crippen LogP contribution is 2.22. The molecule has 0 fully saturated rings. The van der Waals surface area contributed by atoms with Crippen molar-refractivity contribution >= 4 is 28.5 Å². The summed E-state index contributed by atoms with van der Waals surface area (Å²) in [5.41, 5.74) is 7.75. The maximum absolute atomic E-state index is 12.5. The second-order valence-electron chi connectivity index (χ2n) is 5.12. The van der Waals surface area contributed by atoms with Crippen LogP contribution in [-0.2, 0) is 9.53 Å². The number of carbonyl (C=O) groups excluding carboxylic acids is 2. The lowest BCUT2D eigenvalue weighted by molar-refractivity contribution is -0.145. The van der Waals surface area contributed by atoms with E-state index in [-0.39, 0.29) is 17.8 Å². The lowest BCUT2D eigenvalue weighted by atomic mass is 10.1. The van der Waals surface area contributed by atoms with Gasteiger partial charge < -0.3 is 20.4 Å². The summed E-state index contributed by atoms with van der Waals surface area (Å²) >= 11 is 0. The van der Waals surface area contributed by atoms with Crippen molar-refractivity contribution in [2.75, 3.05) is 26.4 Å². The van der Waals surface area contributed by atoms with Crippen molar-refractivity contribution in [2.45, 2.75) is 6.92 Å². The maximum Gasteiger partial charge on any atom is 0.310 e. The van der Waals surface area contributed by atoms with Crippen LogP contribution in [-0.4, -0.2) is 42.5 Å². The molecule has 1 aromatic heterocycles. The summed E-state index contributed by atoms with van der Waals surface area (Å²) in [5, 5.41) is 0.776. The molecule has 1 amide bonds. The van der Waals surface area contributed by atoms with Crippen LogP contribution >= 0.6 is 0 Å². The van der Waals surface area contributed by atoms with E-state index in [0.717, 1.165) is 10.9 Å². The van der Waals surface area contributed by atoms with E-state index in [4.69, 9.17) is 5.73 Å². The number of nitrogens with two attached hydrogens (primary N) is 1. The molecule has 0 radical (unpaired) electrons. The van der Waals surface area contributed by atoms with Crippen molar-refractivity contribution in [3.05, 3.63) is 30.0 Å². The number of fused-ring (bicyclic) bond motifs is 1. The van der Waals surface area contributed by atoms with Crippen LogP contribution in [0.5, 0.6) is 0 Å². The number of ether oxygens (including phenoxy) is 1. The van der Waals surface area contributed by atoms with Crippen LogP contribution in [0.4, 0.5) is 5.69 Å². The lowest BCUT2D eigenvalue weighted by Gasteiger charge is -2.20. The Labute approximate surface area is 122 Å². The molecule has 2 rings (SSSR count). The lowest BCUT2D eigenvalue weighted by Crippen LogP contribution is -2.34. The van der Waals surface area contributed by atoms with Gasteiger partial charge in [0.25, 0.3) is 5.91 Å².